The molecule has 0 fully saturated rings. The molecule has 0 N–H and O–H groups in total. The summed E-state index contributed by atoms with van der Waals surface area (Å²) in [4.78, 5) is 28.5. The number of aromatic nitrogens is 1. The fourth-order valence-corrected chi connectivity index (χ4v) is 3.08. The third-order valence-corrected chi connectivity index (χ3v) is 4.53. The zero-order valence-electron chi connectivity index (χ0n) is 13.9. The van der Waals surface area contributed by atoms with Crippen molar-refractivity contribution in [2.24, 2.45) is 5.41 Å². The molecule has 0 radical (unpaired) electrons. The van der Waals surface area contributed by atoms with E-state index in [0.29, 0.717) is 27.6 Å². The van der Waals surface area contributed by atoms with Gasteiger partial charge in [0.15, 0.2) is 5.78 Å². The molecule has 1 aromatic heterocycles. The van der Waals surface area contributed by atoms with Crippen LogP contribution in [-0.2, 0) is 11.2 Å². The lowest BCUT2D eigenvalue weighted by Gasteiger charge is -2.29. The summed E-state index contributed by atoms with van der Waals surface area (Å²) in [5.41, 5.74) is 2.38. The number of carbonyl (C=O) groups excluding carboxylic acids is 2. The van der Waals surface area contributed by atoms with Gasteiger partial charge in [0.2, 0.25) is 0 Å². The van der Waals surface area contributed by atoms with Crippen molar-refractivity contribution in [3.63, 3.8) is 0 Å². The Morgan fingerprint density at radius 2 is 1.96 bits per heavy atom. The standard InChI is InChI=1S/C19H18ClNO3/c1-11(22)24-17-7-4-12(20)10-14(17)15-6-5-13-16(21-15)8-9-19(2,3)18(13)23/h4-7,10H,8-9H2,1-3H3. The number of nitrogens with zero attached hydrogens (tertiary/aromatic N) is 1. The lowest BCUT2D eigenvalue weighted by atomic mass is 9.75. The molecule has 0 saturated heterocycles. The Balaban J connectivity index is 2.08. The quantitative estimate of drug-likeness (QED) is 0.595. The first-order chi connectivity index (χ1) is 11.3. The molecule has 5 heteroatoms. The minimum absolute atomic E-state index is 0.120. The molecule has 0 spiro atoms. The maximum atomic E-state index is 12.5. The van der Waals surface area contributed by atoms with E-state index in [9.17, 15) is 9.59 Å². The summed E-state index contributed by atoms with van der Waals surface area (Å²) in [6, 6.07) is 8.60. The number of fused-ring (bicyclic) bond motifs is 1. The van der Waals surface area contributed by atoms with Gasteiger partial charge in [0, 0.05) is 28.5 Å². The Labute approximate surface area is 145 Å². The average Bonchev–Trinajstić information content (AvgIpc) is 2.52. The molecular formula is C19H18ClNO3. The molecule has 24 heavy (non-hydrogen) atoms. The van der Waals surface area contributed by atoms with Crippen molar-refractivity contribution < 1.29 is 14.3 Å². The number of Topliss-reactive ketones (excluding diaryl/α,β-unsaturated/α-hetero) is 1. The Kier molecular flexibility index (Phi) is 4.18. The van der Waals surface area contributed by atoms with Crippen molar-refractivity contribution in [3.8, 4) is 17.0 Å². The van der Waals surface area contributed by atoms with Crippen LogP contribution in [0.4, 0.5) is 0 Å². The maximum absolute atomic E-state index is 12.5. The SMILES string of the molecule is CC(=O)Oc1ccc(Cl)cc1-c1ccc2c(n1)CCC(C)(C)C2=O. The number of pyridine rings is 1. The second kappa shape index (κ2) is 6.02. The minimum Gasteiger partial charge on any atom is -0.426 e. The van der Waals surface area contributed by atoms with Crippen molar-refractivity contribution in [1.29, 1.82) is 0 Å². The van der Waals surface area contributed by atoms with Gasteiger partial charge in [-0.2, -0.15) is 0 Å². The predicted molar refractivity (Wildman–Crippen MR) is 92.4 cm³/mol. The Morgan fingerprint density at radius 1 is 1.21 bits per heavy atom. The van der Waals surface area contributed by atoms with Crippen LogP contribution in [0, 0.1) is 5.41 Å². The number of ketones is 1. The summed E-state index contributed by atoms with van der Waals surface area (Å²) >= 11 is 6.08. The highest BCUT2D eigenvalue weighted by Gasteiger charge is 2.35. The van der Waals surface area contributed by atoms with Gasteiger partial charge in [0.05, 0.1) is 11.4 Å². The van der Waals surface area contributed by atoms with Crippen molar-refractivity contribution in [1.82, 2.24) is 4.98 Å². The molecule has 3 rings (SSSR count). The van der Waals surface area contributed by atoms with Crippen LogP contribution in [0.25, 0.3) is 11.3 Å². The summed E-state index contributed by atoms with van der Waals surface area (Å²) in [6.07, 6.45) is 1.51. The molecular weight excluding hydrogens is 326 g/mol. The molecule has 1 aliphatic carbocycles. The average molecular weight is 344 g/mol. The van der Waals surface area contributed by atoms with Gasteiger partial charge in [0.25, 0.3) is 0 Å². The number of carbonyl (C=O) groups is 2. The molecule has 2 aromatic rings. The van der Waals surface area contributed by atoms with E-state index in [1.165, 1.54) is 6.92 Å². The summed E-state index contributed by atoms with van der Waals surface area (Å²) in [5.74, 6) is 0.115. The molecule has 0 bridgehead atoms. The van der Waals surface area contributed by atoms with Gasteiger partial charge < -0.3 is 4.74 Å². The van der Waals surface area contributed by atoms with Gasteiger partial charge >= 0.3 is 5.97 Å². The predicted octanol–water partition coefficient (Wildman–Crippen LogP) is 4.48. The van der Waals surface area contributed by atoms with E-state index in [1.54, 1.807) is 30.3 Å². The fraction of sp³-hybridized carbons (Fsp3) is 0.316. The maximum Gasteiger partial charge on any atom is 0.308 e. The summed E-state index contributed by atoms with van der Waals surface area (Å²) in [6.45, 7) is 5.27. The smallest absolute Gasteiger partial charge is 0.308 e. The second-order valence-corrected chi connectivity index (χ2v) is 7.07. The summed E-state index contributed by atoms with van der Waals surface area (Å²) < 4.78 is 5.25. The van der Waals surface area contributed by atoms with E-state index in [1.807, 2.05) is 13.8 Å². The number of hydrogen-bond donors (Lipinski definition) is 0. The zero-order chi connectivity index (χ0) is 17.5. The van der Waals surface area contributed by atoms with Gasteiger partial charge in [-0.25, -0.2) is 0 Å². The highest BCUT2D eigenvalue weighted by molar-refractivity contribution is 6.31. The van der Waals surface area contributed by atoms with Crippen molar-refractivity contribution in [2.45, 2.75) is 33.6 Å². The highest BCUT2D eigenvalue weighted by Crippen LogP contribution is 2.37. The van der Waals surface area contributed by atoms with Gasteiger partial charge in [-0.05, 0) is 43.2 Å². The first-order valence-electron chi connectivity index (χ1n) is 7.81. The van der Waals surface area contributed by atoms with E-state index >= 15 is 0 Å². The van der Waals surface area contributed by atoms with Crippen molar-refractivity contribution in [3.05, 3.63) is 46.6 Å². The van der Waals surface area contributed by atoms with Gasteiger partial charge in [-0.3, -0.25) is 14.6 Å². The van der Waals surface area contributed by atoms with Crippen LogP contribution in [0.5, 0.6) is 5.75 Å². The lowest BCUT2D eigenvalue weighted by molar-refractivity contribution is -0.131. The number of ether oxygens (including phenoxy) is 1. The number of halogens is 1. The van der Waals surface area contributed by atoms with Crippen LogP contribution in [0.3, 0.4) is 0 Å². The van der Waals surface area contributed by atoms with E-state index in [-0.39, 0.29) is 11.2 Å². The third-order valence-electron chi connectivity index (χ3n) is 4.29. The monoisotopic (exact) mass is 343 g/mol. The minimum atomic E-state index is -0.409. The molecule has 1 aromatic carbocycles. The molecule has 4 nitrogen and oxygen atoms in total. The van der Waals surface area contributed by atoms with E-state index in [4.69, 9.17) is 16.3 Å². The Bertz CT molecular complexity index is 843. The largest absolute Gasteiger partial charge is 0.426 e. The van der Waals surface area contributed by atoms with Crippen LogP contribution < -0.4 is 4.74 Å². The fourth-order valence-electron chi connectivity index (χ4n) is 2.90. The first-order valence-corrected chi connectivity index (χ1v) is 8.19. The van der Waals surface area contributed by atoms with Crippen LogP contribution in [0.2, 0.25) is 5.02 Å². The molecule has 1 aliphatic rings. The van der Waals surface area contributed by atoms with Gasteiger partial charge in [0.1, 0.15) is 5.75 Å². The summed E-state index contributed by atoms with van der Waals surface area (Å²) in [5, 5.41) is 0.526. The van der Waals surface area contributed by atoms with Crippen LogP contribution >= 0.6 is 11.6 Å². The Hall–Kier alpha value is -2.20. The molecule has 0 aliphatic heterocycles. The molecule has 0 unspecified atom stereocenters. The number of rotatable bonds is 2. The normalized spacial score (nSPS) is 15.8. The van der Waals surface area contributed by atoms with E-state index in [0.717, 1.165) is 18.5 Å². The first kappa shape index (κ1) is 16.7. The molecule has 1 heterocycles. The van der Waals surface area contributed by atoms with Gasteiger partial charge in [-0.1, -0.05) is 25.4 Å². The molecule has 0 atom stereocenters. The van der Waals surface area contributed by atoms with Crippen LogP contribution in [0.15, 0.2) is 30.3 Å². The zero-order valence-corrected chi connectivity index (χ0v) is 14.6. The molecule has 0 saturated carbocycles. The molecule has 124 valence electrons. The van der Waals surface area contributed by atoms with E-state index < -0.39 is 5.97 Å². The van der Waals surface area contributed by atoms with Gasteiger partial charge in [-0.15, -0.1) is 0 Å². The lowest BCUT2D eigenvalue weighted by Crippen LogP contribution is -2.31. The Morgan fingerprint density at radius 3 is 2.67 bits per heavy atom. The highest BCUT2D eigenvalue weighted by atomic mass is 35.5. The number of hydrogen-bond acceptors (Lipinski definition) is 4. The topological polar surface area (TPSA) is 56.3 Å². The van der Waals surface area contributed by atoms with Crippen LogP contribution in [0.1, 0.15) is 43.2 Å². The van der Waals surface area contributed by atoms with Crippen molar-refractivity contribution in [2.75, 3.05) is 0 Å². The number of esters is 1. The van der Waals surface area contributed by atoms with Crippen LogP contribution in [-0.4, -0.2) is 16.7 Å². The third kappa shape index (κ3) is 3.06. The number of benzene rings is 1. The molecule has 0 amide bonds. The van der Waals surface area contributed by atoms with E-state index in [2.05, 4.69) is 4.98 Å². The number of aryl methyl sites for hydroxylation is 1. The second-order valence-electron chi connectivity index (χ2n) is 6.64. The van der Waals surface area contributed by atoms with Crippen molar-refractivity contribution >= 4 is 23.4 Å². The summed E-state index contributed by atoms with van der Waals surface area (Å²) in [7, 11) is 0.